The third kappa shape index (κ3) is 2.85. The zero-order valence-electron chi connectivity index (χ0n) is 11.8. The van der Waals surface area contributed by atoms with Crippen molar-refractivity contribution in [2.24, 2.45) is 5.73 Å². The Bertz CT molecular complexity index is 360. The molecule has 0 aliphatic carbocycles. The van der Waals surface area contributed by atoms with Crippen molar-refractivity contribution in [3.8, 4) is 0 Å². The molecule has 0 saturated carbocycles. The zero-order valence-corrected chi connectivity index (χ0v) is 11.8. The van der Waals surface area contributed by atoms with Crippen LogP contribution < -0.4 is 10.6 Å². The van der Waals surface area contributed by atoms with Crippen LogP contribution in [0.25, 0.3) is 0 Å². The molecule has 1 saturated heterocycles. The van der Waals surface area contributed by atoms with Gasteiger partial charge in [0.15, 0.2) is 0 Å². The summed E-state index contributed by atoms with van der Waals surface area (Å²) in [6.07, 6.45) is 3.64. The third-order valence-corrected chi connectivity index (χ3v) is 3.93. The lowest BCUT2D eigenvalue weighted by Crippen LogP contribution is -2.37. The first-order valence-electron chi connectivity index (χ1n) is 6.82. The minimum Gasteiger partial charge on any atom is -0.378 e. The molecule has 2 unspecified atom stereocenters. The molecular formula is C15H25N3. The van der Waals surface area contributed by atoms with E-state index in [2.05, 4.69) is 55.2 Å². The van der Waals surface area contributed by atoms with Crippen LogP contribution in [-0.4, -0.2) is 38.6 Å². The van der Waals surface area contributed by atoms with Crippen LogP contribution in [0.3, 0.4) is 0 Å². The van der Waals surface area contributed by atoms with Crippen LogP contribution >= 0.6 is 0 Å². The summed E-state index contributed by atoms with van der Waals surface area (Å²) in [7, 11) is 6.33. The molecule has 2 N–H and O–H groups in total. The van der Waals surface area contributed by atoms with E-state index in [0.29, 0.717) is 6.04 Å². The van der Waals surface area contributed by atoms with Gasteiger partial charge in [0, 0.05) is 31.9 Å². The maximum Gasteiger partial charge on any atom is 0.0496 e. The second-order valence-electron chi connectivity index (χ2n) is 5.57. The number of nitrogens with two attached hydrogens (primary N) is 1. The van der Waals surface area contributed by atoms with Gasteiger partial charge in [-0.05, 0) is 44.1 Å². The fraction of sp³-hybridized carbons (Fsp3) is 0.600. The molecule has 2 atom stereocenters. The highest BCUT2D eigenvalue weighted by Crippen LogP contribution is 2.29. The second-order valence-corrected chi connectivity index (χ2v) is 5.57. The molecule has 3 nitrogen and oxygen atoms in total. The zero-order chi connectivity index (χ0) is 13.1. The van der Waals surface area contributed by atoms with Crippen LogP contribution in [0.15, 0.2) is 24.3 Å². The monoisotopic (exact) mass is 247 g/mol. The topological polar surface area (TPSA) is 32.5 Å². The minimum absolute atomic E-state index is 0.253. The van der Waals surface area contributed by atoms with Crippen LogP contribution in [0.5, 0.6) is 0 Å². The maximum atomic E-state index is 6.35. The molecule has 1 aliphatic rings. The lowest BCUT2D eigenvalue weighted by molar-refractivity contribution is 0.230. The molecule has 2 rings (SSSR count). The van der Waals surface area contributed by atoms with E-state index in [4.69, 9.17) is 5.73 Å². The Morgan fingerprint density at radius 1 is 1.17 bits per heavy atom. The van der Waals surface area contributed by atoms with Crippen LogP contribution in [0, 0.1) is 0 Å². The number of rotatable bonds is 2. The number of likely N-dealkylation sites (tertiary alicyclic amines) is 1. The van der Waals surface area contributed by atoms with E-state index in [1.807, 2.05) is 0 Å². The number of nitrogens with zero attached hydrogens (tertiary/aromatic N) is 2. The van der Waals surface area contributed by atoms with Gasteiger partial charge in [0.25, 0.3) is 0 Å². The SMILES string of the molecule is CN(C)c1ccc(C2C(N)CCCCN2C)cc1. The molecule has 1 heterocycles. The van der Waals surface area contributed by atoms with Gasteiger partial charge in [0.1, 0.15) is 0 Å². The predicted octanol–water partition coefficient (Wildman–Crippen LogP) is 2.24. The lowest BCUT2D eigenvalue weighted by Gasteiger charge is -2.30. The Hall–Kier alpha value is -1.06. The first kappa shape index (κ1) is 13.4. The van der Waals surface area contributed by atoms with E-state index in [1.165, 1.54) is 24.1 Å². The van der Waals surface area contributed by atoms with Gasteiger partial charge in [0.2, 0.25) is 0 Å². The molecule has 0 aromatic heterocycles. The summed E-state index contributed by atoms with van der Waals surface area (Å²) >= 11 is 0. The Morgan fingerprint density at radius 2 is 1.83 bits per heavy atom. The molecule has 1 aromatic rings. The van der Waals surface area contributed by atoms with E-state index in [9.17, 15) is 0 Å². The van der Waals surface area contributed by atoms with Crippen molar-refractivity contribution in [2.75, 3.05) is 32.6 Å². The Kier molecular flexibility index (Phi) is 4.25. The van der Waals surface area contributed by atoms with Crippen LogP contribution in [0.2, 0.25) is 0 Å². The van der Waals surface area contributed by atoms with Crippen molar-refractivity contribution >= 4 is 5.69 Å². The molecule has 0 bridgehead atoms. The van der Waals surface area contributed by atoms with Crippen molar-refractivity contribution in [3.63, 3.8) is 0 Å². The van der Waals surface area contributed by atoms with E-state index >= 15 is 0 Å². The summed E-state index contributed by atoms with van der Waals surface area (Å²) in [5.74, 6) is 0. The summed E-state index contributed by atoms with van der Waals surface area (Å²) in [6.45, 7) is 1.15. The van der Waals surface area contributed by atoms with Gasteiger partial charge in [-0.15, -0.1) is 0 Å². The van der Waals surface area contributed by atoms with E-state index < -0.39 is 0 Å². The summed E-state index contributed by atoms with van der Waals surface area (Å²) in [5.41, 5.74) is 8.93. The third-order valence-electron chi connectivity index (χ3n) is 3.93. The molecule has 0 radical (unpaired) electrons. The van der Waals surface area contributed by atoms with Gasteiger partial charge in [-0.25, -0.2) is 0 Å². The molecule has 3 heteroatoms. The number of hydrogen-bond donors (Lipinski definition) is 1. The van der Waals surface area contributed by atoms with Crippen molar-refractivity contribution in [2.45, 2.75) is 31.3 Å². The number of anilines is 1. The molecule has 100 valence electrons. The van der Waals surface area contributed by atoms with Gasteiger partial charge in [-0.3, -0.25) is 4.90 Å². The van der Waals surface area contributed by atoms with Gasteiger partial charge in [-0.2, -0.15) is 0 Å². The fourth-order valence-corrected chi connectivity index (χ4v) is 2.84. The average molecular weight is 247 g/mol. The fourth-order valence-electron chi connectivity index (χ4n) is 2.84. The molecule has 1 aliphatic heterocycles. The Morgan fingerprint density at radius 3 is 2.44 bits per heavy atom. The Labute approximate surface area is 111 Å². The smallest absolute Gasteiger partial charge is 0.0496 e. The predicted molar refractivity (Wildman–Crippen MR) is 78.0 cm³/mol. The summed E-state index contributed by atoms with van der Waals surface area (Å²) in [6, 6.07) is 9.43. The number of likely N-dealkylation sites (N-methyl/N-ethyl adjacent to an activating group) is 1. The van der Waals surface area contributed by atoms with E-state index in [1.54, 1.807) is 0 Å². The highest BCUT2D eigenvalue weighted by atomic mass is 15.1. The molecule has 0 amide bonds. The van der Waals surface area contributed by atoms with Crippen molar-refractivity contribution in [1.29, 1.82) is 0 Å². The first-order chi connectivity index (χ1) is 8.59. The van der Waals surface area contributed by atoms with Gasteiger partial charge in [-0.1, -0.05) is 18.6 Å². The summed E-state index contributed by atoms with van der Waals surface area (Å²) in [4.78, 5) is 4.53. The minimum atomic E-state index is 0.253. The normalized spacial score (nSPS) is 25.8. The van der Waals surface area contributed by atoms with Crippen LogP contribution in [0.1, 0.15) is 30.9 Å². The highest BCUT2D eigenvalue weighted by Gasteiger charge is 2.26. The summed E-state index contributed by atoms with van der Waals surface area (Å²) in [5, 5.41) is 0. The largest absolute Gasteiger partial charge is 0.378 e. The Balaban J connectivity index is 2.22. The van der Waals surface area contributed by atoms with Gasteiger partial charge >= 0.3 is 0 Å². The van der Waals surface area contributed by atoms with Crippen LogP contribution in [0.4, 0.5) is 5.69 Å². The molecule has 18 heavy (non-hydrogen) atoms. The van der Waals surface area contributed by atoms with Crippen molar-refractivity contribution in [3.05, 3.63) is 29.8 Å². The van der Waals surface area contributed by atoms with Gasteiger partial charge < -0.3 is 10.6 Å². The van der Waals surface area contributed by atoms with Crippen molar-refractivity contribution in [1.82, 2.24) is 4.90 Å². The number of hydrogen-bond acceptors (Lipinski definition) is 3. The van der Waals surface area contributed by atoms with Crippen LogP contribution in [-0.2, 0) is 0 Å². The molecule has 1 fully saturated rings. The standard InChI is InChI=1S/C15H25N3/c1-17(2)13-9-7-12(8-10-13)15-14(16)6-4-5-11-18(15)3/h7-10,14-15H,4-6,11,16H2,1-3H3. The lowest BCUT2D eigenvalue weighted by atomic mass is 9.96. The highest BCUT2D eigenvalue weighted by molar-refractivity contribution is 5.46. The number of benzene rings is 1. The van der Waals surface area contributed by atoms with E-state index in [0.717, 1.165) is 13.0 Å². The van der Waals surface area contributed by atoms with Gasteiger partial charge in [0.05, 0.1) is 0 Å². The van der Waals surface area contributed by atoms with Crippen molar-refractivity contribution < 1.29 is 0 Å². The quantitative estimate of drug-likeness (QED) is 0.870. The first-order valence-corrected chi connectivity index (χ1v) is 6.82. The molecular weight excluding hydrogens is 222 g/mol. The second kappa shape index (κ2) is 5.72. The molecule has 0 spiro atoms. The van der Waals surface area contributed by atoms with E-state index in [-0.39, 0.29) is 6.04 Å². The summed E-state index contributed by atoms with van der Waals surface area (Å²) < 4.78 is 0. The maximum absolute atomic E-state index is 6.35. The molecule has 1 aromatic carbocycles. The average Bonchev–Trinajstić information content (AvgIpc) is 2.51.